The molecule has 1 aromatic carbocycles. The van der Waals surface area contributed by atoms with Crippen LogP contribution >= 0.6 is 11.8 Å². The summed E-state index contributed by atoms with van der Waals surface area (Å²) in [6, 6.07) is 7.50. The van der Waals surface area contributed by atoms with E-state index in [-0.39, 0.29) is 12.5 Å². The molecule has 2 rings (SSSR count). The average Bonchev–Trinajstić information content (AvgIpc) is 3.04. The van der Waals surface area contributed by atoms with Crippen LogP contribution in [0.1, 0.15) is 22.8 Å². The summed E-state index contributed by atoms with van der Waals surface area (Å²) >= 11 is 1.56. The number of hydrogen-bond acceptors (Lipinski definition) is 5. The summed E-state index contributed by atoms with van der Waals surface area (Å²) in [5, 5.41) is 16.3. The van der Waals surface area contributed by atoms with E-state index in [1.54, 1.807) is 16.7 Å². The molecule has 21 heavy (non-hydrogen) atoms. The Morgan fingerprint density at radius 2 is 2.14 bits per heavy atom. The lowest BCUT2D eigenvalue weighted by Gasteiger charge is -2.19. The van der Waals surface area contributed by atoms with Crippen LogP contribution in [-0.4, -0.2) is 50.8 Å². The quantitative estimate of drug-likeness (QED) is 0.759. The summed E-state index contributed by atoms with van der Waals surface area (Å²) in [5.41, 5.74) is 1.75. The standard InChI is InChI=1S/C14H18N4O2S/c1-2-18(7-8-19)13(20)12-5-3-11(4-6-12)9-21-14-15-10-16-17-14/h3-6,10,19H,2,7-9H2,1H3,(H,15,16,17). The molecule has 2 aromatic rings. The minimum absolute atomic E-state index is 0.0223. The number of aliphatic hydroxyl groups excluding tert-OH is 1. The van der Waals surface area contributed by atoms with Gasteiger partial charge in [-0.05, 0) is 24.6 Å². The third-order valence-corrected chi connectivity index (χ3v) is 3.96. The van der Waals surface area contributed by atoms with E-state index in [0.717, 1.165) is 16.5 Å². The number of likely N-dealkylation sites (N-methyl/N-ethyl adjacent to an activating group) is 1. The first-order valence-corrected chi connectivity index (χ1v) is 7.70. The van der Waals surface area contributed by atoms with Crippen molar-refractivity contribution in [3.8, 4) is 0 Å². The van der Waals surface area contributed by atoms with Gasteiger partial charge >= 0.3 is 0 Å². The highest BCUT2D eigenvalue weighted by Crippen LogP contribution is 2.18. The molecule has 2 N–H and O–H groups in total. The van der Waals surface area contributed by atoms with Gasteiger partial charge in [-0.15, -0.1) is 0 Å². The minimum Gasteiger partial charge on any atom is -0.395 e. The highest BCUT2D eigenvalue weighted by Gasteiger charge is 2.13. The molecule has 0 aliphatic carbocycles. The highest BCUT2D eigenvalue weighted by molar-refractivity contribution is 7.98. The predicted molar refractivity (Wildman–Crippen MR) is 81.0 cm³/mol. The Balaban J connectivity index is 1.96. The molecule has 0 spiro atoms. The summed E-state index contributed by atoms with van der Waals surface area (Å²) < 4.78 is 0. The number of aromatic nitrogens is 3. The molecule has 6 nitrogen and oxygen atoms in total. The number of nitrogens with zero attached hydrogens (tertiary/aromatic N) is 3. The Hall–Kier alpha value is -1.86. The summed E-state index contributed by atoms with van der Waals surface area (Å²) in [4.78, 5) is 17.9. The van der Waals surface area contributed by atoms with Gasteiger partial charge < -0.3 is 10.0 Å². The van der Waals surface area contributed by atoms with Crippen molar-refractivity contribution in [1.82, 2.24) is 20.1 Å². The molecule has 7 heteroatoms. The fraction of sp³-hybridized carbons (Fsp3) is 0.357. The van der Waals surface area contributed by atoms with Crippen molar-refractivity contribution in [2.45, 2.75) is 17.8 Å². The molecule has 0 atom stereocenters. The van der Waals surface area contributed by atoms with E-state index >= 15 is 0 Å². The van der Waals surface area contributed by atoms with E-state index in [0.29, 0.717) is 18.7 Å². The van der Waals surface area contributed by atoms with E-state index in [4.69, 9.17) is 5.11 Å². The Kier molecular flexibility index (Phi) is 5.77. The van der Waals surface area contributed by atoms with Gasteiger partial charge in [-0.2, -0.15) is 5.10 Å². The Bertz CT molecular complexity index is 557. The van der Waals surface area contributed by atoms with E-state index in [9.17, 15) is 4.79 Å². The van der Waals surface area contributed by atoms with Crippen LogP contribution in [0.2, 0.25) is 0 Å². The lowest BCUT2D eigenvalue weighted by atomic mass is 10.1. The molecule has 0 saturated carbocycles. The summed E-state index contributed by atoms with van der Waals surface area (Å²) in [7, 11) is 0. The van der Waals surface area contributed by atoms with Crippen LogP contribution in [0, 0.1) is 0 Å². The van der Waals surface area contributed by atoms with Crippen molar-refractivity contribution in [3.05, 3.63) is 41.7 Å². The maximum Gasteiger partial charge on any atom is 0.253 e. The summed E-state index contributed by atoms with van der Waals surface area (Å²) in [6.45, 7) is 2.82. The Labute approximate surface area is 127 Å². The molecule has 0 bridgehead atoms. The zero-order valence-electron chi connectivity index (χ0n) is 11.8. The second-order valence-corrected chi connectivity index (χ2v) is 5.35. The summed E-state index contributed by atoms with van der Waals surface area (Å²) in [6.07, 6.45) is 1.48. The number of amides is 1. The molecule has 1 aromatic heterocycles. The zero-order chi connectivity index (χ0) is 15.1. The fourth-order valence-electron chi connectivity index (χ4n) is 1.87. The normalized spacial score (nSPS) is 10.6. The van der Waals surface area contributed by atoms with Crippen LogP contribution in [0.4, 0.5) is 0 Å². The number of hydrogen-bond donors (Lipinski definition) is 2. The van der Waals surface area contributed by atoms with Crippen molar-refractivity contribution < 1.29 is 9.90 Å². The number of benzene rings is 1. The molecule has 0 unspecified atom stereocenters. The lowest BCUT2D eigenvalue weighted by Crippen LogP contribution is -2.33. The van der Waals surface area contributed by atoms with Gasteiger partial charge in [0.1, 0.15) is 6.33 Å². The van der Waals surface area contributed by atoms with Gasteiger partial charge in [0.2, 0.25) is 0 Å². The van der Waals surface area contributed by atoms with Gasteiger partial charge in [0.05, 0.1) is 6.61 Å². The monoisotopic (exact) mass is 306 g/mol. The molecule has 0 aliphatic rings. The fourth-order valence-corrected chi connectivity index (χ4v) is 2.60. The molecular formula is C14H18N4O2S. The second kappa shape index (κ2) is 7.80. The van der Waals surface area contributed by atoms with Crippen molar-refractivity contribution >= 4 is 17.7 Å². The second-order valence-electron chi connectivity index (χ2n) is 4.38. The molecule has 112 valence electrons. The third-order valence-electron chi connectivity index (χ3n) is 3.01. The van der Waals surface area contributed by atoms with E-state index < -0.39 is 0 Å². The highest BCUT2D eigenvalue weighted by atomic mass is 32.2. The van der Waals surface area contributed by atoms with Crippen LogP contribution in [0.5, 0.6) is 0 Å². The molecule has 0 aliphatic heterocycles. The van der Waals surface area contributed by atoms with E-state index in [2.05, 4.69) is 15.2 Å². The summed E-state index contributed by atoms with van der Waals surface area (Å²) in [5.74, 6) is 0.707. The first-order chi connectivity index (χ1) is 10.2. The first kappa shape index (κ1) is 15.5. The number of aliphatic hydroxyl groups is 1. The Morgan fingerprint density at radius 1 is 1.38 bits per heavy atom. The number of nitrogens with one attached hydrogen (secondary N) is 1. The first-order valence-electron chi connectivity index (χ1n) is 6.71. The maximum absolute atomic E-state index is 12.2. The number of carbonyl (C=O) groups is 1. The predicted octanol–water partition coefficient (Wildman–Crippen LogP) is 1.55. The van der Waals surface area contributed by atoms with E-state index in [1.165, 1.54) is 6.33 Å². The van der Waals surface area contributed by atoms with Gasteiger partial charge in [-0.3, -0.25) is 9.89 Å². The number of aromatic amines is 1. The number of carbonyl (C=O) groups excluding carboxylic acids is 1. The van der Waals surface area contributed by atoms with Crippen molar-refractivity contribution in [2.24, 2.45) is 0 Å². The van der Waals surface area contributed by atoms with Gasteiger partial charge in [-0.1, -0.05) is 23.9 Å². The molecule has 0 radical (unpaired) electrons. The average molecular weight is 306 g/mol. The number of thioether (sulfide) groups is 1. The minimum atomic E-state index is -0.0546. The van der Waals surface area contributed by atoms with Crippen LogP contribution in [-0.2, 0) is 5.75 Å². The number of rotatable bonds is 7. The van der Waals surface area contributed by atoms with Gasteiger partial charge in [-0.25, -0.2) is 4.98 Å². The van der Waals surface area contributed by atoms with Crippen LogP contribution in [0.3, 0.4) is 0 Å². The Morgan fingerprint density at radius 3 is 2.71 bits per heavy atom. The van der Waals surface area contributed by atoms with Gasteiger partial charge in [0.15, 0.2) is 5.16 Å². The molecule has 0 fully saturated rings. The van der Waals surface area contributed by atoms with Crippen LogP contribution in [0.15, 0.2) is 35.7 Å². The van der Waals surface area contributed by atoms with Crippen LogP contribution < -0.4 is 0 Å². The van der Waals surface area contributed by atoms with Crippen molar-refractivity contribution in [1.29, 1.82) is 0 Å². The SMILES string of the molecule is CCN(CCO)C(=O)c1ccc(CSc2ncn[nH]2)cc1. The third kappa shape index (κ3) is 4.30. The smallest absolute Gasteiger partial charge is 0.253 e. The largest absolute Gasteiger partial charge is 0.395 e. The molecule has 1 amide bonds. The molecule has 0 saturated heterocycles. The topological polar surface area (TPSA) is 82.1 Å². The number of H-pyrrole nitrogens is 1. The molecule has 1 heterocycles. The van der Waals surface area contributed by atoms with Gasteiger partial charge in [0, 0.05) is 24.4 Å². The molecular weight excluding hydrogens is 288 g/mol. The van der Waals surface area contributed by atoms with Gasteiger partial charge in [0.25, 0.3) is 5.91 Å². The van der Waals surface area contributed by atoms with E-state index in [1.807, 2.05) is 31.2 Å². The lowest BCUT2D eigenvalue weighted by molar-refractivity contribution is 0.0732. The van der Waals surface area contributed by atoms with Crippen molar-refractivity contribution in [2.75, 3.05) is 19.7 Å². The maximum atomic E-state index is 12.2. The van der Waals surface area contributed by atoms with Crippen LogP contribution in [0.25, 0.3) is 0 Å². The zero-order valence-corrected chi connectivity index (χ0v) is 12.6. The van der Waals surface area contributed by atoms with Crippen molar-refractivity contribution in [3.63, 3.8) is 0 Å².